The summed E-state index contributed by atoms with van der Waals surface area (Å²) in [4.78, 5) is 13.4. The highest BCUT2D eigenvalue weighted by Gasteiger charge is 2.20. The third-order valence-electron chi connectivity index (χ3n) is 5.04. The molecule has 29 heavy (non-hydrogen) atoms. The number of fused-ring (bicyclic) bond motifs is 1. The minimum Gasteiger partial charge on any atom is -0.497 e. The molecule has 146 valence electrons. The molecule has 0 atom stereocenters. The molecule has 0 radical (unpaired) electrons. The molecule has 4 aromatic rings. The molecule has 5 heteroatoms. The van der Waals surface area contributed by atoms with Crippen molar-refractivity contribution >= 4 is 5.52 Å². The Balaban J connectivity index is 2.15. The maximum absolute atomic E-state index is 14.0. The molecular weight excluding hydrogens is 367 g/mol. The van der Waals surface area contributed by atoms with Gasteiger partial charge in [-0.05, 0) is 53.9 Å². The molecule has 0 unspecified atom stereocenters. The topological polar surface area (TPSA) is 56.7 Å². The second-order valence-electron chi connectivity index (χ2n) is 6.77. The Morgan fingerprint density at radius 3 is 2.28 bits per heavy atom. The summed E-state index contributed by atoms with van der Waals surface area (Å²) in [5, 5.41) is 0. The van der Waals surface area contributed by atoms with Crippen molar-refractivity contribution in [1.82, 2.24) is 4.40 Å². The van der Waals surface area contributed by atoms with E-state index in [0.717, 1.165) is 28.0 Å². The maximum atomic E-state index is 14.0. The lowest BCUT2D eigenvalue weighted by Gasteiger charge is -2.19. The van der Waals surface area contributed by atoms with E-state index < -0.39 is 5.82 Å². The Morgan fingerprint density at radius 2 is 1.62 bits per heavy atom. The number of methoxy groups -OCH3 is 1. The quantitative estimate of drug-likeness (QED) is 0.555. The number of nitrogens with two attached hydrogens (primary N) is 1. The first kappa shape index (κ1) is 18.9. The summed E-state index contributed by atoms with van der Waals surface area (Å²) in [5.41, 5.74) is 10.3. The molecule has 0 bridgehead atoms. The minimum absolute atomic E-state index is 0.258. The van der Waals surface area contributed by atoms with Gasteiger partial charge in [-0.2, -0.15) is 0 Å². The zero-order chi connectivity index (χ0) is 20.4. The van der Waals surface area contributed by atoms with Crippen LogP contribution in [0.25, 0.3) is 27.8 Å². The van der Waals surface area contributed by atoms with E-state index in [1.165, 1.54) is 16.7 Å². The molecular formula is C24H21FN2O2. The molecule has 0 saturated carbocycles. The van der Waals surface area contributed by atoms with Gasteiger partial charge < -0.3 is 10.5 Å². The zero-order valence-electron chi connectivity index (χ0n) is 16.1. The average Bonchev–Trinajstić information content (AvgIpc) is 2.75. The molecule has 0 amide bonds. The van der Waals surface area contributed by atoms with Crippen LogP contribution in [0.2, 0.25) is 0 Å². The van der Waals surface area contributed by atoms with Gasteiger partial charge in [0.15, 0.2) is 0 Å². The molecule has 0 aliphatic carbocycles. The molecule has 0 aliphatic heterocycles. The molecule has 0 saturated heterocycles. The summed E-state index contributed by atoms with van der Waals surface area (Å²) in [6, 6.07) is 20.1. The number of benzene rings is 2. The fraction of sp³-hybridized carbons (Fsp3) is 0.125. The largest absolute Gasteiger partial charge is 0.497 e. The van der Waals surface area contributed by atoms with E-state index >= 15 is 0 Å². The van der Waals surface area contributed by atoms with Crippen LogP contribution in [0.5, 0.6) is 5.75 Å². The Hall–Kier alpha value is -3.44. The Bertz CT molecular complexity index is 1220. The van der Waals surface area contributed by atoms with Crippen LogP contribution in [0.1, 0.15) is 5.56 Å². The van der Waals surface area contributed by atoms with Crippen molar-refractivity contribution in [2.75, 3.05) is 13.7 Å². The van der Waals surface area contributed by atoms with Crippen molar-refractivity contribution in [3.05, 3.63) is 94.7 Å². The number of ether oxygens (including phenoxy) is 1. The number of pyridine rings is 2. The fourth-order valence-electron chi connectivity index (χ4n) is 3.75. The first-order chi connectivity index (χ1) is 14.1. The van der Waals surface area contributed by atoms with Crippen molar-refractivity contribution in [3.63, 3.8) is 0 Å². The van der Waals surface area contributed by atoms with Gasteiger partial charge in [0.05, 0.1) is 18.2 Å². The molecule has 4 nitrogen and oxygen atoms in total. The van der Waals surface area contributed by atoms with E-state index in [2.05, 4.69) is 0 Å². The van der Waals surface area contributed by atoms with Crippen LogP contribution in [0.15, 0.2) is 77.7 Å². The van der Waals surface area contributed by atoms with Gasteiger partial charge in [0, 0.05) is 11.8 Å². The van der Waals surface area contributed by atoms with E-state index in [9.17, 15) is 9.18 Å². The minimum atomic E-state index is -0.467. The molecule has 0 spiro atoms. The first-order valence-corrected chi connectivity index (χ1v) is 9.40. The molecule has 2 N–H and O–H groups in total. The monoisotopic (exact) mass is 388 g/mol. The van der Waals surface area contributed by atoms with Gasteiger partial charge in [0.2, 0.25) is 0 Å². The summed E-state index contributed by atoms with van der Waals surface area (Å²) in [5.74, 6) is 0.270. The Kier molecular flexibility index (Phi) is 5.14. The van der Waals surface area contributed by atoms with Gasteiger partial charge in [0.25, 0.3) is 5.56 Å². The maximum Gasteiger partial charge on any atom is 0.263 e. The molecule has 2 aromatic carbocycles. The number of nitrogens with zero attached hydrogens (tertiary/aromatic N) is 1. The predicted molar refractivity (Wildman–Crippen MR) is 114 cm³/mol. The van der Waals surface area contributed by atoms with Gasteiger partial charge in [-0.1, -0.05) is 42.5 Å². The predicted octanol–water partition coefficient (Wildman–Crippen LogP) is 4.28. The molecule has 0 aliphatic rings. The van der Waals surface area contributed by atoms with E-state index in [-0.39, 0.29) is 5.56 Å². The molecule has 2 heterocycles. The first-order valence-electron chi connectivity index (χ1n) is 9.40. The van der Waals surface area contributed by atoms with Crippen LogP contribution in [-0.2, 0) is 6.42 Å². The van der Waals surface area contributed by atoms with Crippen LogP contribution in [0, 0.1) is 5.82 Å². The lowest BCUT2D eigenvalue weighted by molar-refractivity contribution is 0.415. The number of hydrogen-bond donors (Lipinski definition) is 1. The van der Waals surface area contributed by atoms with Crippen LogP contribution in [0.3, 0.4) is 0 Å². The van der Waals surface area contributed by atoms with E-state index in [1.807, 2.05) is 54.6 Å². The SMILES string of the molecule is COc1ccc(-c2c(CCN)c(-c3ccccc3)c(=O)n3cc(F)ccc23)cc1. The van der Waals surface area contributed by atoms with Crippen molar-refractivity contribution in [3.8, 4) is 28.0 Å². The van der Waals surface area contributed by atoms with E-state index in [0.29, 0.717) is 24.0 Å². The van der Waals surface area contributed by atoms with Gasteiger partial charge in [-0.15, -0.1) is 0 Å². The summed E-state index contributed by atoms with van der Waals surface area (Å²) in [7, 11) is 1.61. The lowest BCUT2D eigenvalue weighted by atomic mass is 9.90. The number of rotatable bonds is 5. The average molecular weight is 388 g/mol. The summed E-state index contributed by atoms with van der Waals surface area (Å²) >= 11 is 0. The van der Waals surface area contributed by atoms with E-state index in [1.54, 1.807) is 13.2 Å². The summed E-state index contributed by atoms with van der Waals surface area (Å²) < 4.78 is 20.7. The fourth-order valence-corrected chi connectivity index (χ4v) is 3.75. The Labute approximate surface area is 168 Å². The van der Waals surface area contributed by atoms with Crippen LogP contribution in [-0.4, -0.2) is 18.1 Å². The third kappa shape index (κ3) is 3.41. The highest BCUT2D eigenvalue weighted by molar-refractivity contribution is 5.88. The van der Waals surface area contributed by atoms with E-state index in [4.69, 9.17) is 10.5 Å². The number of aromatic nitrogens is 1. The summed E-state index contributed by atoms with van der Waals surface area (Å²) in [6.45, 7) is 0.389. The highest BCUT2D eigenvalue weighted by atomic mass is 19.1. The smallest absolute Gasteiger partial charge is 0.263 e. The van der Waals surface area contributed by atoms with Gasteiger partial charge >= 0.3 is 0 Å². The van der Waals surface area contributed by atoms with Crippen LogP contribution in [0.4, 0.5) is 4.39 Å². The summed E-state index contributed by atoms with van der Waals surface area (Å²) in [6.07, 6.45) is 1.76. The van der Waals surface area contributed by atoms with Crippen molar-refractivity contribution in [1.29, 1.82) is 0 Å². The lowest BCUT2D eigenvalue weighted by Crippen LogP contribution is -2.21. The van der Waals surface area contributed by atoms with Gasteiger partial charge in [-0.3, -0.25) is 9.20 Å². The van der Waals surface area contributed by atoms with Crippen LogP contribution < -0.4 is 16.0 Å². The van der Waals surface area contributed by atoms with Crippen molar-refractivity contribution in [2.24, 2.45) is 5.73 Å². The number of halogens is 1. The molecule has 2 aromatic heterocycles. The third-order valence-corrected chi connectivity index (χ3v) is 5.04. The van der Waals surface area contributed by atoms with Gasteiger partial charge in [0.1, 0.15) is 11.6 Å². The van der Waals surface area contributed by atoms with Crippen LogP contribution >= 0.6 is 0 Å². The van der Waals surface area contributed by atoms with Gasteiger partial charge in [-0.25, -0.2) is 4.39 Å². The normalized spacial score (nSPS) is 11.0. The molecule has 0 fully saturated rings. The van der Waals surface area contributed by atoms with Crippen molar-refractivity contribution < 1.29 is 9.13 Å². The zero-order valence-corrected chi connectivity index (χ0v) is 16.1. The Morgan fingerprint density at radius 1 is 0.931 bits per heavy atom. The molecule has 4 rings (SSSR count). The standard InChI is InChI=1S/C24H21FN2O2/c1-29-19-10-7-17(8-11-19)22-20(13-14-26)23(16-5-3-2-4-6-16)24(28)27-15-18(25)9-12-21(22)27/h2-12,15H,13-14,26H2,1H3. The second kappa shape index (κ2) is 7.89. The highest BCUT2D eigenvalue weighted by Crippen LogP contribution is 2.34. The second-order valence-corrected chi connectivity index (χ2v) is 6.77. The van der Waals surface area contributed by atoms with Crippen molar-refractivity contribution in [2.45, 2.75) is 6.42 Å². The number of hydrogen-bond acceptors (Lipinski definition) is 3.